The molecule has 0 aliphatic rings. The highest BCUT2D eigenvalue weighted by Crippen LogP contribution is 2.17. The van der Waals surface area contributed by atoms with Crippen molar-refractivity contribution >= 4 is 27.5 Å². The number of nitrogens with zero attached hydrogens (tertiary/aromatic N) is 1. The van der Waals surface area contributed by atoms with Crippen molar-refractivity contribution in [3.63, 3.8) is 0 Å². The Morgan fingerprint density at radius 2 is 1.76 bits per heavy atom. The third-order valence-electron chi connectivity index (χ3n) is 2.06. The number of amides is 1. The molecule has 5 heteroatoms. The lowest BCUT2D eigenvalue weighted by molar-refractivity contribution is -0.0000108. The lowest BCUT2D eigenvalue weighted by Crippen LogP contribution is -3.00. The van der Waals surface area contributed by atoms with Crippen LogP contribution >= 0.6 is 15.9 Å². The van der Waals surface area contributed by atoms with Gasteiger partial charge in [0.1, 0.15) is 0 Å². The fourth-order valence-electron chi connectivity index (χ4n) is 1.28. The molecule has 2 aromatic rings. The quantitative estimate of drug-likeness (QED) is 0.855. The summed E-state index contributed by atoms with van der Waals surface area (Å²) in [5, 5.41) is 2.79. The summed E-state index contributed by atoms with van der Waals surface area (Å²) in [7, 11) is 0. The van der Waals surface area contributed by atoms with Crippen LogP contribution in [0.2, 0.25) is 0 Å². The maximum atomic E-state index is 11.9. The number of hydrogen-bond acceptors (Lipinski definition) is 2. The zero-order valence-electron chi connectivity index (χ0n) is 8.73. The normalized spacial score (nSPS) is 9.24. The molecule has 0 saturated carbocycles. The van der Waals surface area contributed by atoms with Crippen LogP contribution in [-0.2, 0) is 0 Å². The molecule has 0 fully saturated rings. The summed E-state index contributed by atoms with van der Waals surface area (Å²) in [5.74, 6) is -0.140. The molecule has 0 unspecified atom stereocenters. The van der Waals surface area contributed by atoms with Gasteiger partial charge in [0, 0.05) is 22.6 Å². The molecule has 0 saturated heterocycles. The number of pyridine rings is 1. The zero-order valence-corrected chi connectivity index (χ0v) is 11.1. The fourth-order valence-corrected chi connectivity index (χ4v) is 1.74. The Morgan fingerprint density at radius 1 is 1.12 bits per heavy atom. The van der Waals surface area contributed by atoms with Gasteiger partial charge in [-0.2, -0.15) is 0 Å². The minimum atomic E-state index is -0.140. The van der Waals surface area contributed by atoms with Gasteiger partial charge in [-0.15, -0.1) is 0 Å². The Labute approximate surface area is 114 Å². The maximum absolute atomic E-state index is 11.9. The number of hydrogen-bond donors (Lipinski definition) is 1. The Morgan fingerprint density at radius 3 is 2.41 bits per heavy atom. The Hall–Kier alpha value is -1.39. The van der Waals surface area contributed by atoms with Crippen molar-refractivity contribution in [2.45, 2.75) is 0 Å². The van der Waals surface area contributed by atoms with Crippen LogP contribution in [0, 0.1) is 0 Å². The van der Waals surface area contributed by atoms with E-state index in [1.54, 1.807) is 30.6 Å². The van der Waals surface area contributed by atoms with Crippen molar-refractivity contribution in [2.24, 2.45) is 0 Å². The van der Waals surface area contributed by atoms with E-state index >= 15 is 0 Å². The number of aromatic nitrogens is 1. The summed E-state index contributed by atoms with van der Waals surface area (Å²) in [6.45, 7) is 0. The Bertz CT molecular complexity index is 505. The van der Waals surface area contributed by atoms with E-state index in [1.807, 2.05) is 18.2 Å². The van der Waals surface area contributed by atoms with Gasteiger partial charge in [0.15, 0.2) is 0 Å². The van der Waals surface area contributed by atoms with E-state index in [4.69, 9.17) is 0 Å². The lowest BCUT2D eigenvalue weighted by Gasteiger charge is -2.05. The van der Waals surface area contributed by atoms with Crippen LogP contribution in [0.5, 0.6) is 0 Å². The number of anilines is 1. The molecule has 1 heterocycles. The molecule has 0 aliphatic carbocycles. The van der Waals surface area contributed by atoms with Crippen LogP contribution in [0.15, 0.2) is 53.3 Å². The molecule has 0 spiro atoms. The highest BCUT2D eigenvalue weighted by Gasteiger charge is 2.08. The van der Waals surface area contributed by atoms with Gasteiger partial charge in [-0.1, -0.05) is 12.1 Å². The van der Waals surface area contributed by atoms with Gasteiger partial charge in [0.2, 0.25) is 0 Å². The number of carbonyl (C=O) groups excluding carboxylic acids is 1. The molecule has 1 aromatic heterocycles. The standard InChI is InChI=1S/C12H9BrN2O.ClH/c13-11-4-2-1-3-10(11)12(16)15-9-5-7-14-8-6-9;/h1-8H,(H,14,15,16);1H/p-1. The summed E-state index contributed by atoms with van der Waals surface area (Å²) in [6, 6.07) is 10.8. The molecule has 0 bridgehead atoms. The van der Waals surface area contributed by atoms with Crippen LogP contribution in [0.4, 0.5) is 5.69 Å². The summed E-state index contributed by atoms with van der Waals surface area (Å²) in [6.07, 6.45) is 3.27. The van der Waals surface area contributed by atoms with Gasteiger partial charge < -0.3 is 17.7 Å². The SMILES string of the molecule is O=C(Nc1ccncc1)c1ccccc1Br.[Cl-]. The van der Waals surface area contributed by atoms with Gasteiger partial charge in [0.25, 0.3) is 5.91 Å². The molecule has 1 amide bonds. The second kappa shape index (κ2) is 6.37. The van der Waals surface area contributed by atoms with Gasteiger partial charge >= 0.3 is 0 Å². The number of carbonyl (C=O) groups is 1. The number of rotatable bonds is 2. The fraction of sp³-hybridized carbons (Fsp3) is 0. The van der Waals surface area contributed by atoms with Crippen LogP contribution in [-0.4, -0.2) is 10.9 Å². The molecule has 17 heavy (non-hydrogen) atoms. The molecule has 0 aliphatic heterocycles. The number of nitrogens with one attached hydrogen (secondary N) is 1. The molecular weight excluding hydrogens is 304 g/mol. The van der Waals surface area contributed by atoms with Crippen molar-refractivity contribution in [3.8, 4) is 0 Å². The minimum Gasteiger partial charge on any atom is -1.00 e. The number of halogens is 2. The van der Waals surface area contributed by atoms with E-state index in [9.17, 15) is 4.79 Å². The van der Waals surface area contributed by atoms with Gasteiger partial charge in [-0.3, -0.25) is 9.78 Å². The van der Waals surface area contributed by atoms with E-state index in [-0.39, 0.29) is 18.3 Å². The summed E-state index contributed by atoms with van der Waals surface area (Å²) in [5.41, 5.74) is 1.34. The first-order valence-electron chi connectivity index (χ1n) is 4.73. The Kier molecular flexibility index (Phi) is 5.12. The second-order valence-corrected chi connectivity index (χ2v) is 4.02. The summed E-state index contributed by atoms with van der Waals surface area (Å²) < 4.78 is 0.779. The summed E-state index contributed by atoms with van der Waals surface area (Å²) in [4.78, 5) is 15.8. The topological polar surface area (TPSA) is 42.0 Å². The van der Waals surface area contributed by atoms with Gasteiger partial charge in [-0.25, -0.2) is 0 Å². The third-order valence-corrected chi connectivity index (χ3v) is 2.75. The molecule has 2 rings (SSSR count). The highest BCUT2D eigenvalue weighted by atomic mass is 79.9. The van der Waals surface area contributed by atoms with E-state index in [2.05, 4.69) is 26.2 Å². The van der Waals surface area contributed by atoms with Gasteiger partial charge in [-0.05, 0) is 40.2 Å². The molecule has 88 valence electrons. The molecule has 1 aromatic carbocycles. The van der Waals surface area contributed by atoms with E-state index < -0.39 is 0 Å². The predicted octanol–water partition coefficient (Wildman–Crippen LogP) is 0.100. The van der Waals surface area contributed by atoms with Crippen molar-refractivity contribution in [3.05, 3.63) is 58.8 Å². The van der Waals surface area contributed by atoms with Crippen LogP contribution < -0.4 is 17.7 Å². The molecule has 3 nitrogen and oxygen atoms in total. The van der Waals surface area contributed by atoms with Gasteiger partial charge in [0.05, 0.1) is 5.56 Å². The van der Waals surface area contributed by atoms with Crippen LogP contribution in [0.25, 0.3) is 0 Å². The number of benzene rings is 1. The molecule has 0 atom stereocenters. The smallest absolute Gasteiger partial charge is 0.256 e. The van der Waals surface area contributed by atoms with E-state index in [0.29, 0.717) is 5.56 Å². The average molecular weight is 313 g/mol. The summed E-state index contributed by atoms with van der Waals surface area (Å²) >= 11 is 3.34. The first-order chi connectivity index (χ1) is 7.77. The van der Waals surface area contributed by atoms with Crippen molar-refractivity contribution in [1.29, 1.82) is 0 Å². The van der Waals surface area contributed by atoms with Crippen LogP contribution in [0.1, 0.15) is 10.4 Å². The maximum Gasteiger partial charge on any atom is 0.256 e. The van der Waals surface area contributed by atoms with Crippen molar-refractivity contribution in [1.82, 2.24) is 4.98 Å². The van der Waals surface area contributed by atoms with Crippen molar-refractivity contribution < 1.29 is 17.2 Å². The molecular formula is C12H9BrClN2O-. The minimum absolute atomic E-state index is 0. The molecule has 0 radical (unpaired) electrons. The van der Waals surface area contributed by atoms with E-state index in [0.717, 1.165) is 10.2 Å². The predicted molar refractivity (Wildman–Crippen MR) is 66.3 cm³/mol. The monoisotopic (exact) mass is 311 g/mol. The lowest BCUT2D eigenvalue weighted by atomic mass is 10.2. The first-order valence-corrected chi connectivity index (χ1v) is 5.52. The zero-order chi connectivity index (χ0) is 11.4. The van der Waals surface area contributed by atoms with Crippen molar-refractivity contribution in [2.75, 3.05) is 5.32 Å². The third kappa shape index (κ3) is 3.54. The molecule has 1 N–H and O–H groups in total. The van der Waals surface area contributed by atoms with Crippen LogP contribution in [0.3, 0.4) is 0 Å². The first kappa shape index (κ1) is 13.7. The Balaban J connectivity index is 0.00000144. The van der Waals surface area contributed by atoms with E-state index in [1.165, 1.54) is 0 Å². The largest absolute Gasteiger partial charge is 1.00 e. The second-order valence-electron chi connectivity index (χ2n) is 3.17. The highest BCUT2D eigenvalue weighted by molar-refractivity contribution is 9.10. The average Bonchev–Trinajstić information content (AvgIpc) is 2.31.